The highest BCUT2D eigenvalue weighted by molar-refractivity contribution is 7.71. The molecular formula is C17H23N7S+2. The van der Waals surface area contributed by atoms with Gasteiger partial charge in [0, 0.05) is 29.2 Å². The molecule has 0 saturated carbocycles. The van der Waals surface area contributed by atoms with Gasteiger partial charge in [-0.2, -0.15) is 4.98 Å². The third-order valence-corrected chi connectivity index (χ3v) is 5.09. The Morgan fingerprint density at radius 3 is 2.60 bits per heavy atom. The summed E-state index contributed by atoms with van der Waals surface area (Å²) in [6.07, 6.45) is 3.95. The number of fused-ring (bicyclic) bond motifs is 1. The molecule has 0 unspecified atom stereocenters. The maximum Gasteiger partial charge on any atom is 0.252 e. The number of piperazine rings is 1. The van der Waals surface area contributed by atoms with E-state index in [0.29, 0.717) is 10.5 Å². The van der Waals surface area contributed by atoms with Crippen LogP contribution in [0.15, 0.2) is 30.6 Å². The van der Waals surface area contributed by atoms with E-state index in [1.54, 1.807) is 0 Å². The molecule has 3 aromatic rings. The molecule has 130 valence electrons. The van der Waals surface area contributed by atoms with E-state index >= 15 is 0 Å². The van der Waals surface area contributed by atoms with Crippen LogP contribution in [0, 0.1) is 18.6 Å². The van der Waals surface area contributed by atoms with Crippen LogP contribution in [0.4, 0.5) is 5.69 Å². The molecule has 0 spiro atoms. The molecule has 1 fully saturated rings. The lowest BCUT2D eigenvalue weighted by Gasteiger charge is -2.33. The highest BCUT2D eigenvalue weighted by Gasteiger charge is 2.22. The largest absolute Gasteiger partial charge is 0.360 e. The van der Waals surface area contributed by atoms with Crippen molar-refractivity contribution < 1.29 is 9.88 Å². The summed E-state index contributed by atoms with van der Waals surface area (Å²) < 4.78 is 4.73. The van der Waals surface area contributed by atoms with Gasteiger partial charge in [0.2, 0.25) is 4.77 Å². The minimum atomic E-state index is 0.606. The van der Waals surface area contributed by atoms with Gasteiger partial charge in [-0.3, -0.25) is 0 Å². The number of rotatable bonds is 3. The van der Waals surface area contributed by atoms with E-state index in [9.17, 15) is 0 Å². The number of quaternary nitrogens is 1. The average Bonchev–Trinajstić information content (AvgIpc) is 2.92. The minimum Gasteiger partial charge on any atom is -0.360 e. The zero-order valence-corrected chi connectivity index (χ0v) is 15.4. The lowest BCUT2D eigenvalue weighted by Crippen LogP contribution is -3.14. The highest BCUT2D eigenvalue weighted by Crippen LogP contribution is 2.10. The first kappa shape index (κ1) is 16.2. The van der Waals surface area contributed by atoms with Crippen LogP contribution in [0.1, 0.15) is 11.4 Å². The number of anilines is 1. The van der Waals surface area contributed by atoms with E-state index < -0.39 is 0 Å². The molecule has 8 heteroatoms. The van der Waals surface area contributed by atoms with Crippen molar-refractivity contribution in [2.45, 2.75) is 20.5 Å². The molecule has 4 heterocycles. The topological polar surface area (TPSA) is 56.9 Å². The first-order valence-corrected chi connectivity index (χ1v) is 9.01. The van der Waals surface area contributed by atoms with Crippen molar-refractivity contribution in [3.8, 4) is 0 Å². The van der Waals surface area contributed by atoms with Gasteiger partial charge in [-0.1, -0.05) is 0 Å². The zero-order valence-electron chi connectivity index (χ0n) is 14.6. The summed E-state index contributed by atoms with van der Waals surface area (Å²) in [4.78, 5) is 16.0. The number of nitrogens with one attached hydrogen (secondary N) is 2. The predicted octanol–water partition coefficient (Wildman–Crippen LogP) is 0.0538. The van der Waals surface area contributed by atoms with Gasteiger partial charge in [0.15, 0.2) is 19.1 Å². The molecule has 0 atom stereocenters. The Labute approximate surface area is 151 Å². The molecule has 1 aliphatic heterocycles. The summed E-state index contributed by atoms with van der Waals surface area (Å²) in [7, 11) is 0. The molecular weight excluding hydrogens is 334 g/mol. The molecule has 0 aromatic carbocycles. The number of H-pyrrole nitrogens is 1. The van der Waals surface area contributed by atoms with Gasteiger partial charge >= 0.3 is 0 Å². The molecule has 3 aromatic heterocycles. The minimum absolute atomic E-state index is 0.606. The second-order valence-electron chi connectivity index (χ2n) is 6.60. The maximum atomic E-state index is 5.49. The number of pyridine rings is 1. The van der Waals surface area contributed by atoms with Crippen LogP contribution in [-0.4, -0.2) is 45.3 Å². The molecule has 25 heavy (non-hydrogen) atoms. The molecule has 0 amide bonds. The first-order chi connectivity index (χ1) is 12.1. The summed E-state index contributed by atoms with van der Waals surface area (Å²) in [5.41, 5.74) is 3.36. The Hall–Kier alpha value is -2.32. The van der Waals surface area contributed by atoms with E-state index in [0.717, 1.165) is 44.2 Å². The van der Waals surface area contributed by atoms with Gasteiger partial charge in [0.1, 0.15) is 0 Å². The van der Waals surface area contributed by atoms with Gasteiger partial charge in [-0.25, -0.2) is 19.2 Å². The molecule has 7 nitrogen and oxygen atoms in total. The Morgan fingerprint density at radius 1 is 1.16 bits per heavy atom. The molecule has 0 aliphatic carbocycles. The van der Waals surface area contributed by atoms with Crippen molar-refractivity contribution in [1.82, 2.24) is 19.2 Å². The highest BCUT2D eigenvalue weighted by atomic mass is 32.1. The standard InChI is InChI=1S/C17H21N7S/c1-13-11-14(2)24-16(19-13)20-17(25)23(24)12-21-7-9-22(10-8-21)15-3-5-18-6-4-15/h3-6,11H,7-10,12H2,1-2H3/p+2. The summed E-state index contributed by atoms with van der Waals surface area (Å²) in [6, 6.07) is 6.32. The first-order valence-electron chi connectivity index (χ1n) is 8.60. The Kier molecular flexibility index (Phi) is 4.22. The van der Waals surface area contributed by atoms with Gasteiger partial charge in [-0.05, 0) is 32.1 Å². The zero-order chi connectivity index (χ0) is 17.4. The van der Waals surface area contributed by atoms with Crippen molar-refractivity contribution in [3.63, 3.8) is 0 Å². The van der Waals surface area contributed by atoms with Crippen molar-refractivity contribution in [3.05, 3.63) is 46.8 Å². The van der Waals surface area contributed by atoms with Crippen LogP contribution in [-0.2, 0) is 6.67 Å². The van der Waals surface area contributed by atoms with Gasteiger partial charge in [0.25, 0.3) is 5.78 Å². The van der Waals surface area contributed by atoms with Crippen LogP contribution < -0.4 is 14.8 Å². The van der Waals surface area contributed by atoms with Crippen LogP contribution in [0.5, 0.6) is 0 Å². The lowest BCUT2D eigenvalue weighted by molar-refractivity contribution is -0.924. The Balaban J connectivity index is 1.52. The van der Waals surface area contributed by atoms with Crippen LogP contribution in [0.2, 0.25) is 0 Å². The predicted molar refractivity (Wildman–Crippen MR) is 97.2 cm³/mol. The lowest BCUT2D eigenvalue weighted by atomic mass is 10.3. The monoisotopic (exact) mass is 357 g/mol. The Bertz CT molecular complexity index is 939. The van der Waals surface area contributed by atoms with E-state index in [4.69, 9.17) is 12.2 Å². The van der Waals surface area contributed by atoms with E-state index in [1.807, 2.05) is 23.8 Å². The van der Waals surface area contributed by atoms with Crippen LogP contribution in [0.25, 0.3) is 5.78 Å². The van der Waals surface area contributed by atoms with E-state index in [-0.39, 0.29) is 0 Å². The van der Waals surface area contributed by atoms with Gasteiger partial charge in [0.05, 0.1) is 26.2 Å². The fourth-order valence-electron chi connectivity index (χ4n) is 3.54. The second kappa shape index (κ2) is 6.53. The van der Waals surface area contributed by atoms with Crippen molar-refractivity contribution in [1.29, 1.82) is 0 Å². The normalized spacial score (nSPS) is 15.8. The number of aryl methyl sites for hydroxylation is 2. The van der Waals surface area contributed by atoms with Crippen molar-refractivity contribution in [2.75, 3.05) is 31.1 Å². The molecule has 4 rings (SSSR count). The smallest absolute Gasteiger partial charge is 0.252 e. The quantitative estimate of drug-likeness (QED) is 0.673. The number of nitrogens with zero attached hydrogens (tertiary/aromatic N) is 5. The molecule has 0 radical (unpaired) electrons. The molecule has 0 bridgehead atoms. The van der Waals surface area contributed by atoms with Crippen LogP contribution >= 0.6 is 12.2 Å². The fraction of sp³-hybridized carbons (Fsp3) is 0.412. The van der Waals surface area contributed by atoms with Crippen molar-refractivity contribution in [2.24, 2.45) is 0 Å². The number of aromatic amines is 1. The van der Waals surface area contributed by atoms with Crippen molar-refractivity contribution >= 4 is 23.7 Å². The van der Waals surface area contributed by atoms with Crippen LogP contribution in [0.3, 0.4) is 0 Å². The van der Waals surface area contributed by atoms with E-state index in [1.165, 1.54) is 10.6 Å². The third kappa shape index (κ3) is 3.14. The number of hydrogen-bond donors (Lipinski definition) is 1. The SMILES string of the molecule is Cc1cc(C)n2c(n1)nc(=S)n2C[NH+]1CCN(c2cc[nH+]cc2)CC1. The Morgan fingerprint density at radius 2 is 1.88 bits per heavy atom. The maximum absolute atomic E-state index is 5.49. The number of hydrogen-bond acceptors (Lipinski definition) is 4. The molecule has 1 aliphatic rings. The van der Waals surface area contributed by atoms with Gasteiger partial charge < -0.3 is 9.80 Å². The number of aromatic nitrogens is 5. The summed E-state index contributed by atoms with van der Waals surface area (Å²) in [5.74, 6) is 0.695. The third-order valence-electron chi connectivity index (χ3n) is 4.79. The molecule has 2 N–H and O–H groups in total. The summed E-state index contributed by atoms with van der Waals surface area (Å²) in [5, 5.41) is 0. The fourth-order valence-corrected chi connectivity index (χ4v) is 3.76. The second-order valence-corrected chi connectivity index (χ2v) is 6.96. The summed E-state index contributed by atoms with van der Waals surface area (Å²) >= 11 is 5.49. The van der Waals surface area contributed by atoms with E-state index in [2.05, 4.69) is 49.7 Å². The average molecular weight is 357 g/mol. The molecule has 1 saturated heterocycles. The summed E-state index contributed by atoms with van der Waals surface area (Å²) in [6.45, 7) is 9.12. The van der Waals surface area contributed by atoms with Gasteiger partial charge in [-0.15, -0.1) is 0 Å².